The van der Waals surface area contributed by atoms with E-state index in [0.29, 0.717) is 23.9 Å². The highest BCUT2D eigenvalue weighted by atomic mass is 19.1. The standard InChI is InChI=1S/C17H21FN2O3/c1-10-12(11-4-3-5-13(18)16(11)19-10)8-15(22)20-7-6-17(2,23)14(21)9-20/h3-5,14,19,21,23H,6-9H2,1-2H3/t14-,17+/m0/s1. The number of rotatable bonds is 2. The van der Waals surface area contributed by atoms with Crippen molar-refractivity contribution in [3.8, 4) is 0 Å². The van der Waals surface area contributed by atoms with Crippen LogP contribution < -0.4 is 0 Å². The Labute approximate surface area is 133 Å². The third-order valence-corrected chi connectivity index (χ3v) is 4.78. The number of aromatic nitrogens is 1. The third-order valence-electron chi connectivity index (χ3n) is 4.78. The number of β-amino-alcohol motifs (C(OH)–C–C–N with tert-alkyl or cyclic N) is 1. The molecule has 1 aliphatic rings. The molecule has 6 heteroatoms. The minimum absolute atomic E-state index is 0.113. The fourth-order valence-electron chi connectivity index (χ4n) is 3.11. The number of carbonyl (C=O) groups excluding carboxylic acids is 1. The highest BCUT2D eigenvalue weighted by molar-refractivity contribution is 5.90. The highest BCUT2D eigenvalue weighted by Crippen LogP contribution is 2.27. The number of benzene rings is 1. The van der Waals surface area contributed by atoms with E-state index in [-0.39, 0.29) is 24.7 Å². The Bertz CT molecular complexity index is 754. The maximum Gasteiger partial charge on any atom is 0.227 e. The Hall–Kier alpha value is -1.92. The van der Waals surface area contributed by atoms with Gasteiger partial charge in [0.2, 0.25) is 5.91 Å². The molecule has 1 aliphatic heterocycles. The van der Waals surface area contributed by atoms with E-state index in [9.17, 15) is 19.4 Å². The summed E-state index contributed by atoms with van der Waals surface area (Å²) >= 11 is 0. The fraction of sp³-hybridized carbons (Fsp3) is 0.471. The number of aliphatic hydroxyl groups is 2. The van der Waals surface area contributed by atoms with Gasteiger partial charge in [-0.05, 0) is 31.9 Å². The lowest BCUT2D eigenvalue weighted by molar-refractivity contribution is -0.145. The molecule has 2 atom stereocenters. The van der Waals surface area contributed by atoms with Gasteiger partial charge in [-0.25, -0.2) is 4.39 Å². The molecule has 0 bridgehead atoms. The quantitative estimate of drug-likeness (QED) is 0.785. The SMILES string of the molecule is Cc1[nH]c2c(F)cccc2c1CC(=O)N1CC[C@@](C)(O)[C@@H](O)C1. The van der Waals surface area contributed by atoms with Crippen LogP contribution in [0.5, 0.6) is 0 Å². The Morgan fingerprint density at radius 3 is 2.96 bits per heavy atom. The topological polar surface area (TPSA) is 76.6 Å². The van der Waals surface area contributed by atoms with E-state index >= 15 is 0 Å². The van der Waals surface area contributed by atoms with Crippen molar-refractivity contribution in [3.05, 3.63) is 35.3 Å². The first-order chi connectivity index (χ1) is 10.8. The fourth-order valence-corrected chi connectivity index (χ4v) is 3.11. The summed E-state index contributed by atoms with van der Waals surface area (Å²) in [6.45, 7) is 3.91. The van der Waals surface area contributed by atoms with Gasteiger partial charge < -0.3 is 20.1 Å². The maximum absolute atomic E-state index is 13.8. The second-order valence-electron chi connectivity index (χ2n) is 6.53. The van der Waals surface area contributed by atoms with Crippen molar-refractivity contribution in [1.82, 2.24) is 9.88 Å². The molecule has 1 aromatic heterocycles. The zero-order chi connectivity index (χ0) is 16.8. The molecule has 5 nitrogen and oxygen atoms in total. The molecule has 3 N–H and O–H groups in total. The van der Waals surface area contributed by atoms with E-state index in [1.54, 1.807) is 24.0 Å². The maximum atomic E-state index is 13.8. The largest absolute Gasteiger partial charge is 0.388 e. The molecule has 0 spiro atoms. The first-order valence-electron chi connectivity index (χ1n) is 7.73. The van der Waals surface area contributed by atoms with E-state index < -0.39 is 11.7 Å². The normalized spacial score (nSPS) is 25.1. The Kier molecular flexibility index (Phi) is 3.90. The predicted molar refractivity (Wildman–Crippen MR) is 84.5 cm³/mol. The van der Waals surface area contributed by atoms with Crippen LogP contribution in [-0.2, 0) is 11.2 Å². The number of nitrogens with one attached hydrogen (secondary N) is 1. The van der Waals surface area contributed by atoms with Crippen molar-refractivity contribution in [3.63, 3.8) is 0 Å². The number of halogens is 1. The lowest BCUT2D eigenvalue weighted by Gasteiger charge is -2.40. The summed E-state index contributed by atoms with van der Waals surface area (Å²) < 4.78 is 13.8. The smallest absolute Gasteiger partial charge is 0.227 e. The molecule has 1 amide bonds. The molecule has 0 aliphatic carbocycles. The van der Waals surface area contributed by atoms with Crippen LogP contribution in [0.15, 0.2) is 18.2 Å². The molecule has 1 fully saturated rings. The number of fused-ring (bicyclic) bond motifs is 1. The van der Waals surface area contributed by atoms with E-state index in [1.807, 2.05) is 6.92 Å². The van der Waals surface area contributed by atoms with Gasteiger partial charge in [0.15, 0.2) is 0 Å². The molecular weight excluding hydrogens is 299 g/mol. The second-order valence-corrected chi connectivity index (χ2v) is 6.53. The van der Waals surface area contributed by atoms with Crippen LogP contribution in [0.3, 0.4) is 0 Å². The first kappa shape index (κ1) is 16.0. The van der Waals surface area contributed by atoms with Crippen molar-refractivity contribution >= 4 is 16.8 Å². The van der Waals surface area contributed by atoms with Gasteiger partial charge in [0.05, 0.1) is 23.6 Å². The summed E-state index contributed by atoms with van der Waals surface area (Å²) in [6.07, 6.45) is -0.479. The van der Waals surface area contributed by atoms with Gasteiger partial charge in [-0.3, -0.25) is 4.79 Å². The van der Waals surface area contributed by atoms with Crippen LogP contribution in [0.4, 0.5) is 4.39 Å². The summed E-state index contributed by atoms with van der Waals surface area (Å²) in [6, 6.07) is 4.80. The molecule has 2 aromatic rings. The van der Waals surface area contributed by atoms with Crippen LogP contribution >= 0.6 is 0 Å². The lowest BCUT2D eigenvalue weighted by atomic mass is 9.90. The molecule has 0 radical (unpaired) electrons. The number of hydrogen-bond acceptors (Lipinski definition) is 3. The van der Waals surface area contributed by atoms with E-state index in [4.69, 9.17) is 0 Å². The van der Waals surface area contributed by atoms with E-state index in [1.165, 1.54) is 6.07 Å². The molecule has 2 heterocycles. The lowest BCUT2D eigenvalue weighted by Crippen LogP contribution is -2.55. The predicted octanol–water partition coefficient (Wildman–Crippen LogP) is 1.50. The Morgan fingerprint density at radius 2 is 2.26 bits per heavy atom. The van der Waals surface area contributed by atoms with Crippen molar-refractivity contribution in [1.29, 1.82) is 0 Å². The minimum Gasteiger partial charge on any atom is -0.388 e. The molecular formula is C17H21FN2O3. The Morgan fingerprint density at radius 1 is 1.52 bits per heavy atom. The van der Waals surface area contributed by atoms with E-state index in [0.717, 1.165) is 11.3 Å². The number of carbonyl (C=O) groups is 1. The summed E-state index contributed by atoms with van der Waals surface area (Å²) in [4.78, 5) is 17.1. The third kappa shape index (κ3) is 2.84. The van der Waals surface area contributed by atoms with Gasteiger partial charge in [0.25, 0.3) is 0 Å². The number of aromatic amines is 1. The number of piperidine rings is 1. The number of nitrogens with zero attached hydrogens (tertiary/aromatic N) is 1. The number of aliphatic hydroxyl groups excluding tert-OH is 1. The van der Waals surface area contributed by atoms with Crippen molar-refractivity contribution in [2.75, 3.05) is 13.1 Å². The molecule has 23 heavy (non-hydrogen) atoms. The van der Waals surface area contributed by atoms with E-state index in [2.05, 4.69) is 4.98 Å². The summed E-state index contributed by atoms with van der Waals surface area (Å²) in [5, 5.41) is 20.6. The number of amides is 1. The highest BCUT2D eigenvalue weighted by Gasteiger charge is 2.37. The van der Waals surface area contributed by atoms with Gasteiger partial charge in [-0.1, -0.05) is 12.1 Å². The van der Waals surface area contributed by atoms with Gasteiger partial charge in [-0.2, -0.15) is 0 Å². The monoisotopic (exact) mass is 320 g/mol. The van der Waals surface area contributed by atoms with Gasteiger partial charge in [-0.15, -0.1) is 0 Å². The van der Waals surface area contributed by atoms with Gasteiger partial charge in [0, 0.05) is 24.2 Å². The summed E-state index contributed by atoms with van der Waals surface area (Å²) in [5.74, 6) is -0.471. The average Bonchev–Trinajstić information content (AvgIpc) is 2.80. The van der Waals surface area contributed by atoms with Crippen LogP contribution in [0.1, 0.15) is 24.6 Å². The van der Waals surface area contributed by atoms with Crippen LogP contribution in [0, 0.1) is 12.7 Å². The van der Waals surface area contributed by atoms with Crippen LogP contribution in [0.2, 0.25) is 0 Å². The van der Waals surface area contributed by atoms with Crippen molar-refractivity contribution in [2.24, 2.45) is 0 Å². The number of H-pyrrole nitrogens is 1. The first-order valence-corrected chi connectivity index (χ1v) is 7.73. The molecule has 0 saturated carbocycles. The molecule has 1 aromatic carbocycles. The summed E-state index contributed by atoms with van der Waals surface area (Å²) in [7, 11) is 0. The number of hydrogen-bond donors (Lipinski definition) is 3. The van der Waals surface area contributed by atoms with Crippen molar-refractivity contribution < 1.29 is 19.4 Å². The van der Waals surface area contributed by atoms with Crippen LogP contribution in [-0.4, -0.2) is 50.8 Å². The number of para-hydroxylation sites is 1. The summed E-state index contributed by atoms with van der Waals surface area (Å²) in [5.41, 5.74) is 0.796. The number of aryl methyl sites for hydroxylation is 1. The molecule has 1 saturated heterocycles. The molecule has 3 rings (SSSR count). The average molecular weight is 320 g/mol. The Balaban J connectivity index is 1.82. The zero-order valence-corrected chi connectivity index (χ0v) is 13.3. The van der Waals surface area contributed by atoms with Gasteiger partial charge >= 0.3 is 0 Å². The molecule has 0 unspecified atom stereocenters. The van der Waals surface area contributed by atoms with Crippen molar-refractivity contribution in [2.45, 2.75) is 38.4 Å². The van der Waals surface area contributed by atoms with Gasteiger partial charge in [0.1, 0.15) is 5.82 Å². The zero-order valence-electron chi connectivity index (χ0n) is 13.3. The minimum atomic E-state index is -1.16. The molecule has 124 valence electrons. The number of likely N-dealkylation sites (tertiary alicyclic amines) is 1. The van der Waals surface area contributed by atoms with Crippen LogP contribution in [0.25, 0.3) is 10.9 Å². The second kappa shape index (κ2) is 5.62.